The Hall–Kier alpha value is -1.03. The van der Waals surface area contributed by atoms with Crippen LogP contribution in [0.2, 0.25) is 5.02 Å². The molecule has 22 heavy (non-hydrogen) atoms. The Morgan fingerprint density at radius 1 is 1.32 bits per heavy atom. The first-order valence-electron chi connectivity index (χ1n) is 6.71. The van der Waals surface area contributed by atoms with E-state index in [9.17, 15) is 16.8 Å². The molecular formula is C12H18ClN3O4S2. The Morgan fingerprint density at radius 3 is 2.55 bits per heavy atom. The van der Waals surface area contributed by atoms with E-state index in [0.717, 1.165) is 0 Å². The molecule has 1 aromatic rings. The Morgan fingerprint density at radius 2 is 2.00 bits per heavy atom. The minimum atomic E-state index is -3.78. The van der Waals surface area contributed by atoms with Crippen molar-refractivity contribution < 1.29 is 16.8 Å². The van der Waals surface area contributed by atoms with Crippen LogP contribution in [0.15, 0.2) is 18.2 Å². The predicted octanol–water partition coefficient (Wildman–Crippen LogP) is 1.53. The Bertz CT molecular complexity index is 763. The topological polar surface area (TPSA) is 95.6 Å². The van der Waals surface area contributed by atoms with Gasteiger partial charge in [-0.1, -0.05) is 11.6 Å². The highest BCUT2D eigenvalue weighted by molar-refractivity contribution is 7.93. The van der Waals surface area contributed by atoms with Gasteiger partial charge < -0.3 is 0 Å². The monoisotopic (exact) mass is 367 g/mol. The normalized spacial score (nSPS) is 17.9. The molecule has 1 fully saturated rings. The summed E-state index contributed by atoms with van der Waals surface area (Å²) in [6.45, 7) is 3.75. The summed E-state index contributed by atoms with van der Waals surface area (Å²) in [5.74, 6) is 0.0889. The fraction of sp³-hybridized carbons (Fsp3) is 0.500. The van der Waals surface area contributed by atoms with Gasteiger partial charge in [-0.15, -0.1) is 0 Å². The molecule has 0 amide bonds. The van der Waals surface area contributed by atoms with Gasteiger partial charge in [0.05, 0.1) is 22.2 Å². The zero-order chi connectivity index (χ0) is 16.5. The molecule has 0 radical (unpaired) electrons. The lowest BCUT2D eigenvalue weighted by Gasteiger charge is -2.19. The van der Waals surface area contributed by atoms with Gasteiger partial charge in [-0.2, -0.15) is 13.1 Å². The van der Waals surface area contributed by atoms with Gasteiger partial charge in [-0.05, 0) is 38.5 Å². The van der Waals surface area contributed by atoms with Gasteiger partial charge in [-0.25, -0.2) is 8.42 Å². The van der Waals surface area contributed by atoms with Crippen LogP contribution in [0.1, 0.15) is 20.3 Å². The van der Waals surface area contributed by atoms with E-state index in [4.69, 9.17) is 11.6 Å². The molecule has 0 saturated carbocycles. The lowest BCUT2D eigenvalue weighted by Crippen LogP contribution is -2.35. The van der Waals surface area contributed by atoms with Crippen LogP contribution in [-0.4, -0.2) is 35.2 Å². The summed E-state index contributed by atoms with van der Waals surface area (Å²) in [7, 11) is -7.11. The second-order valence-electron chi connectivity index (χ2n) is 5.28. The molecular weight excluding hydrogens is 350 g/mol. The summed E-state index contributed by atoms with van der Waals surface area (Å²) >= 11 is 5.99. The van der Waals surface area contributed by atoms with Gasteiger partial charge in [0.1, 0.15) is 0 Å². The number of sulfonamides is 1. The number of benzene rings is 1. The molecule has 1 aliphatic heterocycles. The first kappa shape index (κ1) is 17.3. The average molecular weight is 368 g/mol. The number of nitrogens with one attached hydrogen (secondary N) is 2. The van der Waals surface area contributed by atoms with E-state index < -0.39 is 20.2 Å². The van der Waals surface area contributed by atoms with Crippen LogP contribution >= 0.6 is 11.6 Å². The molecule has 1 heterocycles. The second-order valence-corrected chi connectivity index (χ2v) is 9.15. The summed E-state index contributed by atoms with van der Waals surface area (Å²) in [5.41, 5.74) is 0.526. The molecule has 0 aliphatic carbocycles. The van der Waals surface area contributed by atoms with Gasteiger partial charge >= 0.3 is 0 Å². The van der Waals surface area contributed by atoms with Crippen LogP contribution in [0.25, 0.3) is 0 Å². The first-order chi connectivity index (χ1) is 10.1. The molecule has 124 valence electrons. The average Bonchev–Trinajstić information content (AvgIpc) is 2.70. The highest BCUT2D eigenvalue weighted by atomic mass is 35.5. The minimum absolute atomic E-state index is 0.0889. The van der Waals surface area contributed by atoms with Gasteiger partial charge in [-0.3, -0.25) is 9.03 Å². The third-order valence-corrected chi connectivity index (χ3v) is 6.44. The summed E-state index contributed by atoms with van der Waals surface area (Å²) < 4.78 is 53.6. The van der Waals surface area contributed by atoms with E-state index in [0.29, 0.717) is 18.7 Å². The van der Waals surface area contributed by atoms with Crippen molar-refractivity contribution in [2.24, 2.45) is 0 Å². The van der Waals surface area contributed by atoms with Crippen molar-refractivity contribution >= 4 is 43.2 Å². The number of anilines is 2. The van der Waals surface area contributed by atoms with E-state index in [1.54, 1.807) is 19.9 Å². The maximum atomic E-state index is 11.9. The minimum Gasteiger partial charge on any atom is -0.270 e. The van der Waals surface area contributed by atoms with Crippen LogP contribution < -0.4 is 13.7 Å². The van der Waals surface area contributed by atoms with Gasteiger partial charge in [0.15, 0.2) is 0 Å². The summed E-state index contributed by atoms with van der Waals surface area (Å²) in [4.78, 5) is 0. The smallest absolute Gasteiger partial charge is 0.270 e. The molecule has 1 saturated heterocycles. The number of hydrogen-bond acceptors (Lipinski definition) is 4. The van der Waals surface area contributed by atoms with Crippen molar-refractivity contribution in [1.82, 2.24) is 4.72 Å². The number of nitrogens with zero attached hydrogens (tertiary/aromatic N) is 1. The Labute approximate surface area is 135 Å². The van der Waals surface area contributed by atoms with Crippen molar-refractivity contribution in [2.75, 3.05) is 21.3 Å². The van der Waals surface area contributed by atoms with E-state index in [2.05, 4.69) is 9.44 Å². The van der Waals surface area contributed by atoms with Crippen LogP contribution in [0.5, 0.6) is 0 Å². The third-order valence-electron chi connectivity index (χ3n) is 2.97. The molecule has 0 bridgehead atoms. The third kappa shape index (κ3) is 4.03. The van der Waals surface area contributed by atoms with E-state index >= 15 is 0 Å². The highest BCUT2D eigenvalue weighted by Gasteiger charge is 2.29. The van der Waals surface area contributed by atoms with Gasteiger partial charge in [0, 0.05) is 12.6 Å². The molecule has 0 spiro atoms. The number of halogens is 1. The SMILES string of the molecule is CC(C)NS(=O)(=O)Nc1cc(N2CCCS2(=O)=O)ccc1Cl. The van der Waals surface area contributed by atoms with Crippen LogP contribution in [0.4, 0.5) is 11.4 Å². The van der Waals surface area contributed by atoms with Crippen molar-refractivity contribution in [3.63, 3.8) is 0 Å². The maximum absolute atomic E-state index is 11.9. The molecule has 7 nitrogen and oxygen atoms in total. The molecule has 1 aliphatic rings. The lowest BCUT2D eigenvalue weighted by atomic mass is 10.3. The van der Waals surface area contributed by atoms with E-state index in [1.807, 2.05) is 0 Å². The van der Waals surface area contributed by atoms with E-state index in [-0.39, 0.29) is 22.5 Å². The largest absolute Gasteiger partial charge is 0.299 e. The van der Waals surface area contributed by atoms with Crippen molar-refractivity contribution in [3.8, 4) is 0 Å². The van der Waals surface area contributed by atoms with Gasteiger partial charge in [0.2, 0.25) is 10.0 Å². The summed E-state index contributed by atoms with van der Waals surface area (Å²) in [5, 5.41) is 0.189. The van der Waals surface area contributed by atoms with Crippen molar-refractivity contribution in [2.45, 2.75) is 26.3 Å². The molecule has 0 atom stereocenters. The van der Waals surface area contributed by atoms with E-state index in [1.165, 1.54) is 16.4 Å². The fourth-order valence-electron chi connectivity index (χ4n) is 2.16. The Balaban J connectivity index is 2.32. The van der Waals surface area contributed by atoms with Crippen LogP contribution in [0.3, 0.4) is 0 Å². The molecule has 2 N–H and O–H groups in total. The highest BCUT2D eigenvalue weighted by Crippen LogP contribution is 2.31. The zero-order valence-corrected chi connectivity index (χ0v) is 14.6. The standard InChI is InChI=1S/C12H18ClN3O4S2/c1-9(2)14-22(19,20)15-12-8-10(4-5-11(12)13)16-6-3-7-21(16,17)18/h4-5,8-9,14-15H,3,6-7H2,1-2H3. The molecule has 2 rings (SSSR count). The maximum Gasteiger partial charge on any atom is 0.299 e. The van der Waals surface area contributed by atoms with Gasteiger partial charge in [0.25, 0.3) is 10.2 Å². The molecule has 10 heteroatoms. The quantitative estimate of drug-likeness (QED) is 0.825. The van der Waals surface area contributed by atoms with Crippen LogP contribution in [-0.2, 0) is 20.2 Å². The molecule has 1 aromatic carbocycles. The van der Waals surface area contributed by atoms with Crippen LogP contribution in [0, 0.1) is 0 Å². The number of hydrogen-bond donors (Lipinski definition) is 2. The van der Waals surface area contributed by atoms with Crippen molar-refractivity contribution in [3.05, 3.63) is 23.2 Å². The summed E-state index contributed by atoms with van der Waals surface area (Å²) in [6.07, 6.45) is 0.543. The fourth-order valence-corrected chi connectivity index (χ4v) is 5.08. The first-order valence-corrected chi connectivity index (χ1v) is 10.2. The number of rotatable bonds is 5. The molecule has 0 unspecified atom stereocenters. The van der Waals surface area contributed by atoms with Crippen molar-refractivity contribution in [1.29, 1.82) is 0 Å². The predicted molar refractivity (Wildman–Crippen MR) is 88.0 cm³/mol. The zero-order valence-electron chi connectivity index (χ0n) is 12.2. The molecule has 0 aromatic heterocycles. The summed E-state index contributed by atoms with van der Waals surface area (Å²) in [6, 6.07) is 4.17. The lowest BCUT2D eigenvalue weighted by molar-refractivity contribution is 0.575. The Kier molecular flexibility index (Phi) is 4.90. The second kappa shape index (κ2) is 6.23.